The molecule has 0 aliphatic heterocycles. The molecule has 1 aliphatic rings. The smallest absolute Gasteiger partial charge is 0.158 e. The third kappa shape index (κ3) is 4.14. The van der Waals surface area contributed by atoms with Crippen molar-refractivity contribution < 1.29 is 9.47 Å². The molecule has 29 heavy (non-hydrogen) atoms. The first-order valence-corrected chi connectivity index (χ1v) is 9.56. The summed E-state index contributed by atoms with van der Waals surface area (Å²) < 4.78 is 12.0. The predicted molar refractivity (Wildman–Crippen MR) is 108 cm³/mol. The van der Waals surface area contributed by atoms with Gasteiger partial charge in [0.15, 0.2) is 11.5 Å². The van der Waals surface area contributed by atoms with Crippen LogP contribution in [0, 0.1) is 18.3 Å². The van der Waals surface area contributed by atoms with Crippen molar-refractivity contribution in [2.24, 2.45) is 0 Å². The lowest BCUT2D eigenvalue weighted by atomic mass is 10.1. The summed E-state index contributed by atoms with van der Waals surface area (Å²) in [7, 11) is 1.65. The molecular weight excluding hydrogens is 368 g/mol. The Morgan fingerprint density at radius 3 is 2.59 bits per heavy atom. The summed E-state index contributed by atoms with van der Waals surface area (Å²) in [6, 6.07) is 7.84. The number of ether oxygens (including phenoxy) is 2. The average Bonchev–Trinajstić information content (AvgIpc) is 3.40. The van der Waals surface area contributed by atoms with Crippen molar-refractivity contribution >= 4 is 11.6 Å². The number of aromatic nitrogens is 4. The first-order chi connectivity index (χ1) is 14.2. The molecule has 0 unspecified atom stereocenters. The summed E-state index contributed by atoms with van der Waals surface area (Å²) in [6.07, 6.45) is 7.68. The largest absolute Gasteiger partial charge is 0.496 e. The molecule has 0 amide bonds. The zero-order chi connectivity index (χ0) is 20.2. The minimum atomic E-state index is 0.231. The van der Waals surface area contributed by atoms with Crippen molar-refractivity contribution in [1.29, 1.82) is 5.26 Å². The Balaban J connectivity index is 1.64. The highest BCUT2D eigenvalue weighted by Crippen LogP contribution is 2.41. The minimum Gasteiger partial charge on any atom is -0.496 e. The van der Waals surface area contributed by atoms with E-state index in [2.05, 4.69) is 25.5 Å². The summed E-state index contributed by atoms with van der Waals surface area (Å²) in [4.78, 5) is 8.16. The zero-order valence-corrected chi connectivity index (χ0v) is 16.4. The number of H-pyrrole nitrogens is 1. The fourth-order valence-electron chi connectivity index (χ4n) is 3.52. The second-order valence-corrected chi connectivity index (χ2v) is 7.06. The van der Waals surface area contributed by atoms with E-state index in [9.17, 15) is 0 Å². The fraction of sp³-hybridized carbons (Fsp3) is 0.333. The standard InChI is InChI=1S/C21H22N6O2/c1-13-7-17(28-2)21(18(8-13)29-15-5-3-4-6-15)16-9-19(27-26-16)25-20-12-23-14(10-22)11-24-20/h7-9,11-12,15H,3-6H2,1-2H3,(H2,24,25,26,27). The predicted octanol–water partition coefficient (Wildman–Crippen LogP) is 4.12. The van der Waals surface area contributed by atoms with Gasteiger partial charge in [-0.25, -0.2) is 9.97 Å². The number of benzene rings is 1. The van der Waals surface area contributed by atoms with E-state index in [0.29, 0.717) is 11.6 Å². The molecule has 0 saturated heterocycles. The van der Waals surface area contributed by atoms with Gasteiger partial charge in [0.1, 0.15) is 23.4 Å². The highest BCUT2D eigenvalue weighted by Gasteiger charge is 2.22. The van der Waals surface area contributed by atoms with Gasteiger partial charge in [0.05, 0.1) is 36.9 Å². The van der Waals surface area contributed by atoms with E-state index in [4.69, 9.17) is 14.7 Å². The highest BCUT2D eigenvalue weighted by atomic mass is 16.5. The molecule has 148 valence electrons. The van der Waals surface area contributed by atoms with Gasteiger partial charge in [0.25, 0.3) is 0 Å². The monoisotopic (exact) mass is 390 g/mol. The van der Waals surface area contributed by atoms with Crippen LogP contribution in [0.3, 0.4) is 0 Å². The Bertz CT molecular complexity index is 1030. The van der Waals surface area contributed by atoms with E-state index in [1.165, 1.54) is 25.2 Å². The number of aromatic amines is 1. The summed E-state index contributed by atoms with van der Waals surface area (Å²) >= 11 is 0. The van der Waals surface area contributed by atoms with Gasteiger partial charge in [0.2, 0.25) is 0 Å². The summed E-state index contributed by atoms with van der Waals surface area (Å²) in [5, 5.41) is 19.3. The van der Waals surface area contributed by atoms with Crippen molar-refractivity contribution in [1.82, 2.24) is 20.2 Å². The van der Waals surface area contributed by atoms with E-state index < -0.39 is 0 Å². The number of nitriles is 1. The summed E-state index contributed by atoms with van der Waals surface area (Å²) in [5.41, 5.74) is 2.95. The van der Waals surface area contributed by atoms with Gasteiger partial charge in [-0.1, -0.05) is 0 Å². The van der Waals surface area contributed by atoms with E-state index in [1.54, 1.807) is 7.11 Å². The second kappa shape index (κ2) is 8.19. The van der Waals surface area contributed by atoms with Crippen LogP contribution in [0.4, 0.5) is 11.6 Å². The van der Waals surface area contributed by atoms with E-state index in [1.807, 2.05) is 31.2 Å². The maximum Gasteiger partial charge on any atom is 0.158 e. The number of methoxy groups -OCH3 is 1. The van der Waals surface area contributed by atoms with Gasteiger partial charge in [-0.05, 0) is 50.3 Å². The topological polar surface area (TPSA) is 109 Å². The molecule has 0 bridgehead atoms. The van der Waals surface area contributed by atoms with Crippen molar-refractivity contribution in [3.05, 3.63) is 41.9 Å². The van der Waals surface area contributed by atoms with E-state index >= 15 is 0 Å². The van der Waals surface area contributed by atoms with Crippen LogP contribution in [-0.4, -0.2) is 33.4 Å². The van der Waals surface area contributed by atoms with Crippen LogP contribution >= 0.6 is 0 Å². The molecule has 0 spiro atoms. The Labute approximate surface area is 168 Å². The minimum absolute atomic E-state index is 0.231. The molecule has 2 N–H and O–H groups in total. The van der Waals surface area contributed by atoms with E-state index in [-0.39, 0.29) is 11.8 Å². The maximum absolute atomic E-state index is 8.83. The molecule has 2 heterocycles. The Morgan fingerprint density at radius 2 is 1.90 bits per heavy atom. The zero-order valence-electron chi connectivity index (χ0n) is 16.4. The fourth-order valence-corrected chi connectivity index (χ4v) is 3.52. The van der Waals surface area contributed by atoms with Crippen LogP contribution in [0.2, 0.25) is 0 Å². The molecule has 0 atom stereocenters. The Morgan fingerprint density at radius 1 is 1.10 bits per heavy atom. The average molecular weight is 390 g/mol. The first-order valence-electron chi connectivity index (χ1n) is 9.56. The van der Waals surface area contributed by atoms with Crippen molar-refractivity contribution in [2.75, 3.05) is 12.4 Å². The SMILES string of the molecule is COc1cc(C)cc(OC2CCCC2)c1-c1cc(Nc2cnc(C#N)cn2)n[nH]1. The van der Waals surface area contributed by atoms with Gasteiger partial charge in [-0.2, -0.15) is 10.4 Å². The van der Waals surface area contributed by atoms with Crippen molar-refractivity contribution in [2.45, 2.75) is 38.7 Å². The first kappa shape index (κ1) is 18.7. The Hall–Kier alpha value is -3.60. The number of nitrogens with one attached hydrogen (secondary N) is 2. The maximum atomic E-state index is 8.83. The third-order valence-electron chi connectivity index (χ3n) is 4.90. The normalized spacial score (nSPS) is 13.8. The van der Waals surface area contributed by atoms with Gasteiger partial charge < -0.3 is 14.8 Å². The van der Waals surface area contributed by atoms with Crippen molar-refractivity contribution in [3.8, 4) is 28.8 Å². The van der Waals surface area contributed by atoms with E-state index in [0.717, 1.165) is 41.2 Å². The van der Waals surface area contributed by atoms with Crippen LogP contribution in [0.5, 0.6) is 11.5 Å². The van der Waals surface area contributed by atoms with Crippen molar-refractivity contribution in [3.63, 3.8) is 0 Å². The van der Waals surface area contributed by atoms with Gasteiger partial charge in [-0.15, -0.1) is 0 Å². The lowest BCUT2D eigenvalue weighted by Crippen LogP contribution is -2.12. The number of rotatable bonds is 6. The lowest BCUT2D eigenvalue weighted by molar-refractivity contribution is 0.210. The molecule has 4 rings (SSSR count). The van der Waals surface area contributed by atoms with Gasteiger partial charge in [-0.3, -0.25) is 5.10 Å². The molecule has 8 heteroatoms. The molecule has 1 saturated carbocycles. The number of aryl methyl sites for hydroxylation is 1. The quantitative estimate of drug-likeness (QED) is 0.651. The molecule has 2 aromatic heterocycles. The molecule has 8 nitrogen and oxygen atoms in total. The molecular formula is C21H22N6O2. The number of hydrogen-bond donors (Lipinski definition) is 2. The number of anilines is 2. The summed E-state index contributed by atoms with van der Waals surface area (Å²) in [5.74, 6) is 2.60. The highest BCUT2D eigenvalue weighted by molar-refractivity contribution is 5.77. The molecule has 3 aromatic rings. The third-order valence-corrected chi connectivity index (χ3v) is 4.90. The number of hydrogen-bond acceptors (Lipinski definition) is 7. The van der Waals surface area contributed by atoms with Crippen LogP contribution in [0.25, 0.3) is 11.3 Å². The molecule has 0 radical (unpaired) electrons. The van der Waals surface area contributed by atoms with Crippen LogP contribution in [0.1, 0.15) is 36.9 Å². The second-order valence-electron chi connectivity index (χ2n) is 7.06. The van der Waals surface area contributed by atoms with Crippen LogP contribution in [0.15, 0.2) is 30.6 Å². The number of nitrogens with zero attached hydrogens (tertiary/aromatic N) is 4. The summed E-state index contributed by atoms with van der Waals surface area (Å²) in [6.45, 7) is 2.03. The Kier molecular flexibility index (Phi) is 5.29. The van der Waals surface area contributed by atoms with Gasteiger partial charge >= 0.3 is 0 Å². The molecule has 1 fully saturated rings. The van der Waals surface area contributed by atoms with Crippen LogP contribution in [-0.2, 0) is 0 Å². The lowest BCUT2D eigenvalue weighted by Gasteiger charge is -2.19. The molecule has 1 aromatic carbocycles. The van der Waals surface area contributed by atoms with Gasteiger partial charge in [0, 0.05) is 6.07 Å². The van der Waals surface area contributed by atoms with Crippen LogP contribution < -0.4 is 14.8 Å². The molecule has 1 aliphatic carbocycles.